The van der Waals surface area contributed by atoms with Gasteiger partial charge in [-0.1, -0.05) is 45.4 Å². The fraction of sp³-hybridized carbons (Fsp3) is 0.478. The van der Waals surface area contributed by atoms with Crippen LogP contribution in [0.25, 0.3) is 10.8 Å². The average Bonchev–Trinajstić information content (AvgIpc) is 2.94. The van der Waals surface area contributed by atoms with Gasteiger partial charge >= 0.3 is 0 Å². The average molecular weight is 412 g/mol. The third kappa shape index (κ3) is 3.58. The van der Waals surface area contributed by atoms with Crippen molar-refractivity contribution in [3.63, 3.8) is 0 Å². The molecule has 2 amide bonds. The number of fused-ring (bicyclic) bond motifs is 1. The van der Waals surface area contributed by atoms with Crippen LogP contribution >= 0.6 is 0 Å². The molecule has 0 N–H and O–H groups in total. The maximum atomic E-state index is 13.6. The van der Waals surface area contributed by atoms with Crippen molar-refractivity contribution in [1.29, 1.82) is 0 Å². The van der Waals surface area contributed by atoms with Crippen molar-refractivity contribution < 1.29 is 19.2 Å². The summed E-state index contributed by atoms with van der Waals surface area (Å²) >= 11 is 0. The number of hydrogen-bond donors (Lipinski definition) is 0. The molecule has 3 atom stereocenters. The van der Waals surface area contributed by atoms with Crippen LogP contribution in [0.15, 0.2) is 36.4 Å². The van der Waals surface area contributed by atoms with Crippen molar-refractivity contribution in [3.8, 4) is 0 Å². The van der Waals surface area contributed by atoms with Crippen LogP contribution < -0.4 is 4.90 Å². The van der Waals surface area contributed by atoms with Gasteiger partial charge in [0.05, 0.1) is 33.4 Å². The number of rotatable bonds is 8. The number of anilines is 1. The van der Waals surface area contributed by atoms with Gasteiger partial charge in [-0.3, -0.25) is 19.7 Å². The van der Waals surface area contributed by atoms with Crippen LogP contribution in [-0.4, -0.2) is 28.9 Å². The highest BCUT2D eigenvalue weighted by atomic mass is 16.6. The molecule has 1 aliphatic heterocycles. The van der Waals surface area contributed by atoms with Gasteiger partial charge in [0, 0.05) is 18.1 Å². The van der Waals surface area contributed by atoms with E-state index in [9.17, 15) is 19.7 Å². The molecule has 1 aliphatic rings. The minimum absolute atomic E-state index is 0.0554. The molecule has 1 saturated heterocycles. The van der Waals surface area contributed by atoms with Crippen molar-refractivity contribution in [2.24, 2.45) is 11.8 Å². The van der Waals surface area contributed by atoms with Crippen molar-refractivity contribution >= 4 is 34.0 Å². The number of nitro benzene ring substituents is 1. The fourth-order valence-corrected chi connectivity index (χ4v) is 4.61. The summed E-state index contributed by atoms with van der Waals surface area (Å²) in [4.78, 5) is 39.0. The van der Waals surface area contributed by atoms with E-state index in [0.717, 1.165) is 12.8 Å². The van der Waals surface area contributed by atoms with Gasteiger partial charge in [-0.15, -0.1) is 0 Å². The maximum Gasteiger partial charge on any atom is 0.277 e. The molecular formula is C23H28N2O5. The first-order chi connectivity index (χ1) is 14.3. The quantitative estimate of drug-likeness (QED) is 0.351. The Hall–Kier alpha value is -2.80. The van der Waals surface area contributed by atoms with Crippen LogP contribution in [0.3, 0.4) is 0 Å². The van der Waals surface area contributed by atoms with Crippen LogP contribution in [0.2, 0.25) is 0 Å². The Kier molecular flexibility index (Phi) is 6.22. The lowest BCUT2D eigenvalue weighted by atomic mass is 9.78. The Morgan fingerprint density at radius 3 is 2.33 bits per heavy atom. The first-order valence-electron chi connectivity index (χ1n) is 10.4. The number of nitrogens with zero attached hydrogens (tertiary/aromatic N) is 2. The zero-order chi connectivity index (χ0) is 22.1. The summed E-state index contributed by atoms with van der Waals surface area (Å²) in [6, 6.07) is 9.64. The molecule has 0 aromatic heterocycles. The minimum atomic E-state index is -0.748. The third-order valence-electron chi connectivity index (χ3n) is 5.95. The van der Waals surface area contributed by atoms with Crippen molar-refractivity contribution in [2.45, 2.75) is 52.6 Å². The highest BCUT2D eigenvalue weighted by Crippen LogP contribution is 2.43. The first kappa shape index (κ1) is 21.9. The zero-order valence-corrected chi connectivity index (χ0v) is 17.9. The molecule has 3 unspecified atom stereocenters. The van der Waals surface area contributed by atoms with Gasteiger partial charge in [0.25, 0.3) is 5.69 Å². The molecule has 1 fully saturated rings. The van der Waals surface area contributed by atoms with Gasteiger partial charge < -0.3 is 4.74 Å². The SMILES string of the molecule is CCCOC(C)(CCC)C1C(=O)N(c2ccc([N+](=O)[O-])c3ccccc23)C(=O)C1C. The van der Waals surface area contributed by atoms with E-state index < -0.39 is 22.4 Å². The van der Waals surface area contributed by atoms with Gasteiger partial charge in [-0.2, -0.15) is 0 Å². The predicted octanol–water partition coefficient (Wildman–Crippen LogP) is 4.86. The second-order valence-corrected chi connectivity index (χ2v) is 8.10. The normalized spacial score (nSPS) is 21.3. The Morgan fingerprint density at radius 1 is 1.07 bits per heavy atom. The topological polar surface area (TPSA) is 89.8 Å². The predicted molar refractivity (Wildman–Crippen MR) is 115 cm³/mol. The van der Waals surface area contributed by atoms with E-state index in [-0.39, 0.29) is 17.5 Å². The number of amides is 2. The number of nitro groups is 1. The number of benzene rings is 2. The molecule has 30 heavy (non-hydrogen) atoms. The zero-order valence-electron chi connectivity index (χ0n) is 17.9. The third-order valence-corrected chi connectivity index (χ3v) is 5.95. The monoisotopic (exact) mass is 412 g/mol. The van der Waals surface area contributed by atoms with E-state index in [1.54, 1.807) is 31.2 Å². The Bertz CT molecular complexity index is 989. The summed E-state index contributed by atoms with van der Waals surface area (Å²) < 4.78 is 6.13. The first-order valence-corrected chi connectivity index (χ1v) is 10.4. The standard InChI is InChI=1S/C23H28N2O5/c1-5-13-23(4,30-14-6-2)20-15(3)21(26)24(22(20)27)18-11-12-19(25(28)29)17-10-8-7-9-16(17)18/h7-12,15,20H,5-6,13-14H2,1-4H3. The molecule has 3 rings (SSSR count). The van der Waals surface area contributed by atoms with Crippen LogP contribution in [0.1, 0.15) is 47.0 Å². The highest BCUT2D eigenvalue weighted by molar-refractivity contribution is 6.25. The lowest BCUT2D eigenvalue weighted by Gasteiger charge is -2.35. The summed E-state index contributed by atoms with van der Waals surface area (Å²) in [6.45, 7) is 8.23. The van der Waals surface area contributed by atoms with E-state index >= 15 is 0 Å². The maximum absolute atomic E-state index is 13.6. The van der Waals surface area contributed by atoms with Crippen LogP contribution in [-0.2, 0) is 14.3 Å². The minimum Gasteiger partial charge on any atom is -0.374 e. The number of ether oxygens (including phenoxy) is 1. The van der Waals surface area contributed by atoms with Gasteiger partial charge in [0.1, 0.15) is 0 Å². The molecule has 2 aromatic carbocycles. The molecule has 0 bridgehead atoms. The lowest BCUT2D eigenvalue weighted by Crippen LogP contribution is -2.44. The molecule has 0 radical (unpaired) electrons. The summed E-state index contributed by atoms with van der Waals surface area (Å²) in [5.74, 6) is -1.75. The van der Waals surface area contributed by atoms with Gasteiger partial charge in [-0.25, -0.2) is 4.90 Å². The number of imide groups is 1. The van der Waals surface area contributed by atoms with Crippen molar-refractivity contribution in [2.75, 3.05) is 11.5 Å². The lowest BCUT2D eigenvalue weighted by molar-refractivity contribution is -0.383. The Balaban J connectivity index is 2.10. The second kappa shape index (κ2) is 8.52. The van der Waals surface area contributed by atoms with E-state index in [1.165, 1.54) is 17.0 Å². The number of non-ortho nitro benzene ring substituents is 1. The molecule has 1 heterocycles. The fourth-order valence-electron chi connectivity index (χ4n) is 4.61. The smallest absolute Gasteiger partial charge is 0.277 e. The number of carbonyl (C=O) groups excluding carboxylic acids is 2. The van der Waals surface area contributed by atoms with Crippen LogP contribution in [0.4, 0.5) is 11.4 Å². The van der Waals surface area contributed by atoms with Gasteiger partial charge in [0.15, 0.2) is 0 Å². The number of carbonyl (C=O) groups is 2. The van der Waals surface area contributed by atoms with E-state index in [1.807, 2.05) is 20.8 Å². The molecular weight excluding hydrogens is 384 g/mol. The Labute approximate surface area is 176 Å². The van der Waals surface area contributed by atoms with Crippen molar-refractivity contribution in [1.82, 2.24) is 0 Å². The van der Waals surface area contributed by atoms with Crippen molar-refractivity contribution in [3.05, 3.63) is 46.5 Å². The molecule has 0 spiro atoms. The molecule has 7 nitrogen and oxygen atoms in total. The largest absolute Gasteiger partial charge is 0.374 e. The molecule has 2 aromatic rings. The molecule has 0 saturated carbocycles. The molecule has 160 valence electrons. The summed E-state index contributed by atoms with van der Waals surface area (Å²) in [6.07, 6.45) is 2.31. The summed E-state index contributed by atoms with van der Waals surface area (Å²) in [7, 11) is 0. The van der Waals surface area contributed by atoms with E-state index in [2.05, 4.69) is 0 Å². The summed E-state index contributed by atoms with van der Waals surface area (Å²) in [5.41, 5.74) is -0.419. The van der Waals surface area contributed by atoms with Crippen LogP contribution in [0, 0.1) is 22.0 Å². The highest BCUT2D eigenvalue weighted by Gasteiger charge is 2.54. The molecule has 0 aliphatic carbocycles. The van der Waals surface area contributed by atoms with Gasteiger partial charge in [-0.05, 0) is 31.9 Å². The van der Waals surface area contributed by atoms with Crippen LogP contribution in [0.5, 0.6) is 0 Å². The van der Waals surface area contributed by atoms with E-state index in [0.29, 0.717) is 29.5 Å². The summed E-state index contributed by atoms with van der Waals surface area (Å²) in [5, 5.41) is 12.3. The molecule has 7 heteroatoms. The van der Waals surface area contributed by atoms with Gasteiger partial charge in [0.2, 0.25) is 11.8 Å². The second-order valence-electron chi connectivity index (χ2n) is 8.10. The number of hydrogen-bond acceptors (Lipinski definition) is 5. The Morgan fingerprint density at radius 2 is 1.73 bits per heavy atom. The van der Waals surface area contributed by atoms with E-state index in [4.69, 9.17) is 4.74 Å².